The zero-order valence-corrected chi connectivity index (χ0v) is 11.4. The first-order chi connectivity index (χ1) is 8.99. The van der Waals surface area contributed by atoms with Crippen molar-refractivity contribution < 1.29 is 9.18 Å². The molecule has 0 radical (unpaired) electrons. The normalized spacial score (nSPS) is 16.9. The van der Waals surface area contributed by atoms with Gasteiger partial charge in [0.15, 0.2) is 0 Å². The number of benzene rings is 1. The Kier molecular flexibility index (Phi) is 4.04. The highest BCUT2D eigenvalue weighted by atomic mass is 19.1. The lowest BCUT2D eigenvalue weighted by molar-refractivity contribution is 0.0664. The molecule has 0 aromatic heterocycles. The number of carbonyl (C=O) groups is 1. The zero-order chi connectivity index (χ0) is 14.0. The molecular weight excluding hydrogens is 245 g/mol. The van der Waals surface area contributed by atoms with Crippen LogP contribution in [0.5, 0.6) is 0 Å². The summed E-state index contributed by atoms with van der Waals surface area (Å²) in [5.74, 6) is -0.518. The molecule has 0 bridgehead atoms. The number of likely N-dealkylation sites (tertiary alicyclic amines) is 1. The molecule has 1 heterocycles. The largest absolute Gasteiger partial charge is 0.398 e. The summed E-state index contributed by atoms with van der Waals surface area (Å²) in [6, 6.07) is 4.45. The van der Waals surface area contributed by atoms with Gasteiger partial charge in [-0.2, -0.15) is 0 Å². The number of nitrogens with two attached hydrogens (primary N) is 1. The smallest absolute Gasteiger partial charge is 0.255 e. The molecule has 2 rings (SSSR count). The maximum Gasteiger partial charge on any atom is 0.255 e. The zero-order valence-electron chi connectivity index (χ0n) is 11.4. The number of nitrogen functional groups attached to an aromatic ring is 1. The number of hydrogen-bond donors (Lipinski definition) is 1. The van der Waals surface area contributed by atoms with Crippen molar-refractivity contribution in [1.82, 2.24) is 9.80 Å². The molecule has 104 valence electrons. The molecule has 0 saturated carbocycles. The van der Waals surface area contributed by atoms with Gasteiger partial charge >= 0.3 is 0 Å². The first kappa shape index (κ1) is 13.8. The number of carbonyl (C=O) groups excluding carboxylic acids is 1. The molecule has 4 nitrogen and oxygen atoms in total. The van der Waals surface area contributed by atoms with E-state index in [-0.39, 0.29) is 11.6 Å². The van der Waals surface area contributed by atoms with E-state index in [4.69, 9.17) is 5.73 Å². The van der Waals surface area contributed by atoms with Crippen molar-refractivity contribution in [3.8, 4) is 0 Å². The van der Waals surface area contributed by atoms with Crippen molar-refractivity contribution >= 4 is 11.6 Å². The monoisotopic (exact) mass is 265 g/mol. The van der Waals surface area contributed by atoms with Crippen molar-refractivity contribution in [3.63, 3.8) is 0 Å². The van der Waals surface area contributed by atoms with Crippen molar-refractivity contribution in [3.05, 3.63) is 29.6 Å². The van der Waals surface area contributed by atoms with Gasteiger partial charge in [0.05, 0.1) is 5.56 Å². The lowest BCUT2D eigenvalue weighted by Gasteiger charge is -2.35. The fourth-order valence-corrected chi connectivity index (χ4v) is 2.48. The molecule has 1 fully saturated rings. The molecular formula is C14H20FN3O. The molecule has 5 heteroatoms. The van der Waals surface area contributed by atoms with Crippen LogP contribution < -0.4 is 5.73 Å². The lowest BCUT2D eigenvalue weighted by Crippen LogP contribution is -2.44. The van der Waals surface area contributed by atoms with E-state index in [1.54, 1.807) is 4.90 Å². The number of halogens is 1. The highest BCUT2D eigenvalue weighted by Gasteiger charge is 2.25. The van der Waals surface area contributed by atoms with Gasteiger partial charge in [-0.05, 0) is 45.1 Å². The van der Waals surface area contributed by atoms with Crippen LogP contribution in [-0.2, 0) is 0 Å². The van der Waals surface area contributed by atoms with Crippen LogP contribution in [0, 0.1) is 5.82 Å². The number of rotatable bonds is 2. The van der Waals surface area contributed by atoms with Crippen molar-refractivity contribution in [2.75, 3.05) is 32.9 Å². The number of nitrogens with zero attached hydrogens (tertiary/aromatic N) is 2. The fraction of sp³-hybridized carbons (Fsp3) is 0.500. The topological polar surface area (TPSA) is 49.6 Å². The molecule has 1 aromatic rings. The minimum Gasteiger partial charge on any atom is -0.398 e. The molecule has 0 aliphatic carbocycles. The summed E-state index contributed by atoms with van der Waals surface area (Å²) in [6.07, 6.45) is 1.92. The third-order valence-electron chi connectivity index (χ3n) is 3.73. The molecule has 0 atom stereocenters. The Bertz CT molecular complexity index is 468. The van der Waals surface area contributed by atoms with Gasteiger partial charge in [0.1, 0.15) is 5.82 Å². The highest BCUT2D eigenvalue weighted by molar-refractivity contribution is 5.99. The van der Waals surface area contributed by atoms with Gasteiger partial charge in [0.2, 0.25) is 0 Å². The second-order valence-electron chi connectivity index (χ2n) is 5.22. The minimum absolute atomic E-state index is 0.102. The summed E-state index contributed by atoms with van der Waals surface area (Å²) < 4.78 is 13.0. The molecule has 0 unspecified atom stereocenters. The quantitative estimate of drug-likeness (QED) is 0.826. The van der Waals surface area contributed by atoms with Gasteiger partial charge in [-0.15, -0.1) is 0 Å². The molecule has 1 amide bonds. The Balaban J connectivity index is 2.05. The highest BCUT2D eigenvalue weighted by Crippen LogP contribution is 2.20. The number of piperidine rings is 1. The summed E-state index contributed by atoms with van der Waals surface area (Å²) >= 11 is 0. The Hall–Kier alpha value is -1.62. The van der Waals surface area contributed by atoms with Gasteiger partial charge in [-0.25, -0.2) is 4.39 Å². The second-order valence-corrected chi connectivity index (χ2v) is 5.22. The van der Waals surface area contributed by atoms with Crippen LogP contribution in [0.25, 0.3) is 0 Å². The van der Waals surface area contributed by atoms with E-state index in [2.05, 4.69) is 19.0 Å². The average molecular weight is 265 g/mol. The molecule has 1 aliphatic heterocycles. The summed E-state index contributed by atoms with van der Waals surface area (Å²) in [7, 11) is 4.11. The van der Waals surface area contributed by atoms with Gasteiger partial charge in [-0.3, -0.25) is 4.79 Å². The molecule has 1 aliphatic rings. The van der Waals surface area contributed by atoms with E-state index in [1.165, 1.54) is 18.2 Å². The summed E-state index contributed by atoms with van der Waals surface area (Å²) in [4.78, 5) is 16.3. The maximum absolute atomic E-state index is 13.0. The van der Waals surface area contributed by atoms with Gasteiger partial charge in [0.25, 0.3) is 5.91 Å². The standard InChI is InChI=1S/C14H20FN3O/c1-17(2)11-5-7-18(8-6-11)14(19)12-4-3-10(15)9-13(12)16/h3-4,9,11H,5-8,16H2,1-2H3. The van der Waals surface area contributed by atoms with E-state index >= 15 is 0 Å². The van der Waals surface area contributed by atoms with E-state index in [1.807, 2.05) is 0 Å². The van der Waals surface area contributed by atoms with E-state index in [0.29, 0.717) is 11.6 Å². The molecule has 0 spiro atoms. The third kappa shape index (κ3) is 3.04. The number of amides is 1. The van der Waals surface area contributed by atoms with Crippen molar-refractivity contribution in [2.24, 2.45) is 0 Å². The maximum atomic E-state index is 13.0. The number of anilines is 1. The van der Waals surface area contributed by atoms with Crippen molar-refractivity contribution in [1.29, 1.82) is 0 Å². The average Bonchev–Trinajstić information content (AvgIpc) is 2.38. The van der Waals surface area contributed by atoms with Crippen LogP contribution in [0.3, 0.4) is 0 Å². The van der Waals surface area contributed by atoms with Crippen LogP contribution in [0.2, 0.25) is 0 Å². The SMILES string of the molecule is CN(C)C1CCN(C(=O)c2ccc(F)cc2N)CC1. The Morgan fingerprint density at radius 1 is 1.37 bits per heavy atom. The van der Waals surface area contributed by atoms with Crippen LogP contribution >= 0.6 is 0 Å². The van der Waals surface area contributed by atoms with Crippen LogP contribution in [0.4, 0.5) is 10.1 Å². The van der Waals surface area contributed by atoms with Crippen LogP contribution in [-0.4, -0.2) is 48.9 Å². The van der Waals surface area contributed by atoms with Gasteiger partial charge in [-0.1, -0.05) is 0 Å². The molecule has 19 heavy (non-hydrogen) atoms. The van der Waals surface area contributed by atoms with Gasteiger partial charge < -0.3 is 15.5 Å². The first-order valence-corrected chi connectivity index (χ1v) is 6.50. The first-order valence-electron chi connectivity index (χ1n) is 6.50. The van der Waals surface area contributed by atoms with Crippen molar-refractivity contribution in [2.45, 2.75) is 18.9 Å². The minimum atomic E-state index is -0.416. The fourth-order valence-electron chi connectivity index (χ4n) is 2.48. The Morgan fingerprint density at radius 2 is 2.00 bits per heavy atom. The Labute approximate surface area is 113 Å². The lowest BCUT2D eigenvalue weighted by atomic mass is 10.0. The van der Waals surface area contributed by atoms with Crippen LogP contribution in [0.15, 0.2) is 18.2 Å². The van der Waals surface area contributed by atoms with E-state index < -0.39 is 5.82 Å². The molecule has 1 aromatic carbocycles. The molecule has 2 N–H and O–H groups in total. The summed E-state index contributed by atoms with van der Waals surface area (Å²) in [5.41, 5.74) is 6.31. The van der Waals surface area contributed by atoms with Crippen LogP contribution in [0.1, 0.15) is 23.2 Å². The van der Waals surface area contributed by atoms with E-state index in [9.17, 15) is 9.18 Å². The molecule has 1 saturated heterocycles. The second kappa shape index (κ2) is 5.57. The number of hydrogen-bond acceptors (Lipinski definition) is 3. The summed E-state index contributed by atoms with van der Waals surface area (Å²) in [6.45, 7) is 1.44. The predicted octanol–water partition coefficient (Wildman–Crippen LogP) is 1.57. The Morgan fingerprint density at radius 3 is 2.53 bits per heavy atom. The predicted molar refractivity (Wildman–Crippen MR) is 73.4 cm³/mol. The third-order valence-corrected chi connectivity index (χ3v) is 3.73. The van der Waals surface area contributed by atoms with Gasteiger partial charge in [0, 0.05) is 24.8 Å². The summed E-state index contributed by atoms with van der Waals surface area (Å²) in [5, 5.41) is 0. The van der Waals surface area contributed by atoms with E-state index in [0.717, 1.165) is 25.9 Å².